The highest BCUT2D eigenvalue weighted by molar-refractivity contribution is 9.09. The third kappa shape index (κ3) is 2.98. The summed E-state index contributed by atoms with van der Waals surface area (Å²) in [6.07, 6.45) is 2.49. The Morgan fingerprint density at radius 3 is 2.69 bits per heavy atom. The summed E-state index contributed by atoms with van der Waals surface area (Å²) in [5.74, 6) is 1.00. The van der Waals surface area contributed by atoms with Crippen LogP contribution in [-0.4, -0.2) is 29.9 Å². The van der Waals surface area contributed by atoms with Gasteiger partial charge in [0.25, 0.3) is 0 Å². The lowest BCUT2D eigenvalue weighted by atomic mass is 10.1. The number of hydrogen-bond donors (Lipinski definition) is 0. The number of alkyl halides is 1. The first kappa shape index (κ1) is 11.9. The van der Waals surface area contributed by atoms with Gasteiger partial charge in [-0.2, -0.15) is 0 Å². The zero-order valence-electron chi connectivity index (χ0n) is 9.66. The van der Waals surface area contributed by atoms with E-state index in [2.05, 4.69) is 33.0 Å². The van der Waals surface area contributed by atoms with Crippen LogP contribution in [-0.2, 0) is 6.54 Å². The number of ether oxygens (including phenoxy) is 1. The highest BCUT2D eigenvalue weighted by Gasteiger charge is 2.17. The Balaban J connectivity index is 1.98. The molecule has 0 aliphatic carbocycles. The fourth-order valence-electron chi connectivity index (χ4n) is 2.13. The van der Waals surface area contributed by atoms with Gasteiger partial charge in [0.2, 0.25) is 0 Å². The van der Waals surface area contributed by atoms with Crippen LogP contribution in [0.3, 0.4) is 0 Å². The summed E-state index contributed by atoms with van der Waals surface area (Å²) >= 11 is 3.68. The predicted octanol–water partition coefficient (Wildman–Crippen LogP) is 3.05. The summed E-state index contributed by atoms with van der Waals surface area (Å²) in [5.41, 5.74) is 1.29. The van der Waals surface area contributed by atoms with Crippen LogP contribution in [0.4, 0.5) is 0 Å². The smallest absolute Gasteiger partial charge is 0.123 e. The van der Waals surface area contributed by atoms with Gasteiger partial charge < -0.3 is 4.74 Å². The Labute approximate surface area is 106 Å². The normalized spacial score (nSPS) is 18.6. The average Bonchev–Trinajstić information content (AvgIpc) is 2.33. The molecule has 0 saturated carbocycles. The molecule has 0 radical (unpaired) electrons. The van der Waals surface area contributed by atoms with Crippen LogP contribution in [0, 0.1) is 0 Å². The first-order valence-corrected chi connectivity index (χ1v) is 6.69. The van der Waals surface area contributed by atoms with E-state index in [4.69, 9.17) is 4.74 Å². The lowest BCUT2D eigenvalue weighted by molar-refractivity contribution is 0.223. The minimum Gasteiger partial charge on any atom is -0.496 e. The zero-order valence-corrected chi connectivity index (χ0v) is 11.2. The molecule has 1 aromatic rings. The van der Waals surface area contributed by atoms with Crippen molar-refractivity contribution in [3.63, 3.8) is 0 Å². The molecule has 0 atom stereocenters. The molecule has 2 rings (SSSR count). The molecule has 0 unspecified atom stereocenters. The van der Waals surface area contributed by atoms with Crippen molar-refractivity contribution in [1.82, 2.24) is 4.90 Å². The summed E-state index contributed by atoms with van der Waals surface area (Å²) in [6.45, 7) is 3.35. The van der Waals surface area contributed by atoms with Gasteiger partial charge >= 0.3 is 0 Å². The largest absolute Gasteiger partial charge is 0.496 e. The van der Waals surface area contributed by atoms with E-state index in [0.717, 1.165) is 12.3 Å². The first-order chi connectivity index (χ1) is 7.79. The van der Waals surface area contributed by atoms with Crippen LogP contribution in [0.5, 0.6) is 5.75 Å². The maximum atomic E-state index is 5.37. The Hall–Kier alpha value is -0.540. The van der Waals surface area contributed by atoms with Gasteiger partial charge in [-0.1, -0.05) is 34.1 Å². The molecule has 0 bridgehead atoms. The zero-order chi connectivity index (χ0) is 11.4. The maximum absolute atomic E-state index is 5.37. The van der Waals surface area contributed by atoms with E-state index in [0.29, 0.717) is 4.83 Å². The minimum atomic E-state index is 0.710. The second-order valence-corrected chi connectivity index (χ2v) is 5.56. The number of benzene rings is 1. The van der Waals surface area contributed by atoms with Gasteiger partial charge in [0.15, 0.2) is 0 Å². The average molecular weight is 284 g/mol. The number of likely N-dealkylation sites (tertiary alicyclic amines) is 1. The van der Waals surface area contributed by atoms with Crippen LogP contribution in [0.15, 0.2) is 24.3 Å². The van der Waals surface area contributed by atoms with E-state index in [-0.39, 0.29) is 0 Å². The molecule has 0 N–H and O–H groups in total. The van der Waals surface area contributed by atoms with Gasteiger partial charge in [0.05, 0.1) is 7.11 Å². The van der Waals surface area contributed by atoms with Crippen molar-refractivity contribution in [1.29, 1.82) is 0 Å². The van der Waals surface area contributed by atoms with Crippen LogP contribution in [0.25, 0.3) is 0 Å². The monoisotopic (exact) mass is 283 g/mol. The van der Waals surface area contributed by atoms with Gasteiger partial charge in [-0.25, -0.2) is 0 Å². The molecule has 1 fully saturated rings. The predicted molar refractivity (Wildman–Crippen MR) is 70.2 cm³/mol. The highest BCUT2D eigenvalue weighted by Crippen LogP contribution is 2.23. The van der Waals surface area contributed by atoms with E-state index in [1.807, 2.05) is 12.1 Å². The molecule has 0 aromatic heterocycles. The van der Waals surface area contributed by atoms with Gasteiger partial charge in [-0.15, -0.1) is 0 Å². The summed E-state index contributed by atoms with van der Waals surface area (Å²) in [5, 5.41) is 0. The van der Waals surface area contributed by atoms with Gasteiger partial charge in [0, 0.05) is 16.9 Å². The summed E-state index contributed by atoms with van der Waals surface area (Å²) in [6, 6.07) is 8.29. The standard InChI is InChI=1S/C13H18BrNO/c1-16-13-5-3-2-4-11(13)10-15-8-6-12(14)7-9-15/h2-5,12H,6-10H2,1H3. The van der Waals surface area contributed by atoms with Crippen molar-refractivity contribution in [2.24, 2.45) is 0 Å². The van der Waals surface area contributed by atoms with E-state index in [1.54, 1.807) is 7.11 Å². The second kappa shape index (κ2) is 5.69. The van der Waals surface area contributed by atoms with E-state index in [9.17, 15) is 0 Å². The Morgan fingerprint density at radius 1 is 1.31 bits per heavy atom. The molecule has 1 aromatic carbocycles. The van der Waals surface area contributed by atoms with Crippen molar-refractivity contribution in [3.8, 4) is 5.75 Å². The molecular formula is C13H18BrNO. The van der Waals surface area contributed by atoms with Crippen molar-refractivity contribution in [2.45, 2.75) is 24.2 Å². The van der Waals surface area contributed by atoms with E-state index >= 15 is 0 Å². The molecular weight excluding hydrogens is 266 g/mol. The third-order valence-corrected chi connectivity index (χ3v) is 4.02. The summed E-state index contributed by atoms with van der Waals surface area (Å²) in [4.78, 5) is 3.21. The van der Waals surface area contributed by atoms with Crippen LogP contribution in [0.2, 0.25) is 0 Å². The number of nitrogens with zero attached hydrogens (tertiary/aromatic N) is 1. The number of para-hydroxylation sites is 1. The van der Waals surface area contributed by atoms with Gasteiger partial charge in [-0.3, -0.25) is 4.90 Å². The Bertz CT molecular complexity index is 334. The van der Waals surface area contributed by atoms with Crippen molar-refractivity contribution in [3.05, 3.63) is 29.8 Å². The number of methoxy groups -OCH3 is 1. The Morgan fingerprint density at radius 2 is 2.00 bits per heavy atom. The summed E-state index contributed by atoms with van der Waals surface area (Å²) < 4.78 is 5.37. The molecule has 1 heterocycles. The number of rotatable bonds is 3. The van der Waals surface area contributed by atoms with E-state index < -0.39 is 0 Å². The summed E-state index contributed by atoms with van der Waals surface area (Å²) in [7, 11) is 1.74. The molecule has 3 heteroatoms. The number of hydrogen-bond acceptors (Lipinski definition) is 2. The fraction of sp³-hybridized carbons (Fsp3) is 0.538. The quantitative estimate of drug-likeness (QED) is 0.791. The lowest BCUT2D eigenvalue weighted by Crippen LogP contribution is -2.33. The molecule has 1 aliphatic rings. The van der Waals surface area contributed by atoms with Crippen molar-refractivity contribution < 1.29 is 4.74 Å². The van der Waals surface area contributed by atoms with Gasteiger partial charge in [0.1, 0.15) is 5.75 Å². The lowest BCUT2D eigenvalue weighted by Gasteiger charge is -2.29. The fourth-order valence-corrected chi connectivity index (χ4v) is 2.54. The van der Waals surface area contributed by atoms with Crippen LogP contribution >= 0.6 is 15.9 Å². The highest BCUT2D eigenvalue weighted by atomic mass is 79.9. The molecule has 1 saturated heterocycles. The molecule has 0 amide bonds. The maximum Gasteiger partial charge on any atom is 0.123 e. The molecule has 1 aliphatic heterocycles. The third-order valence-electron chi connectivity index (χ3n) is 3.10. The topological polar surface area (TPSA) is 12.5 Å². The first-order valence-electron chi connectivity index (χ1n) is 5.78. The Kier molecular flexibility index (Phi) is 4.24. The van der Waals surface area contributed by atoms with Crippen molar-refractivity contribution in [2.75, 3.05) is 20.2 Å². The minimum absolute atomic E-state index is 0.710. The number of piperidine rings is 1. The van der Waals surface area contributed by atoms with Crippen LogP contribution in [0.1, 0.15) is 18.4 Å². The van der Waals surface area contributed by atoms with Gasteiger partial charge in [-0.05, 0) is 32.0 Å². The number of halogens is 1. The van der Waals surface area contributed by atoms with E-state index in [1.165, 1.54) is 31.5 Å². The van der Waals surface area contributed by atoms with Crippen molar-refractivity contribution >= 4 is 15.9 Å². The molecule has 16 heavy (non-hydrogen) atoms. The molecule has 2 nitrogen and oxygen atoms in total. The SMILES string of the molecule is COc1ccccc1CN1CCC(Br)CC1. The molecule has 0 spiro atoms. The second-order valence-electron chi connectivity index (χ2n) is 4.26. The molecule has 88 valence electrons. The van der Waals surface area contributed by atoms with Crippen LogP contribution < -0.4 is 4.74 Å².